The molecule has 1 aromatic rings. The summed E-state index contributed by atoms with van der Waals surface area (Å²) < 4.78 is 4.99. The summed E-state index contributed by atoms with van der Waals surface area (Å²) in [4.78, 5) is 34.4. The Morgan fingerprint density at radius 3 is 2.39 bits per heavy atom. The molecule has 0 aliphatic heterocycles. The largest absolute Gasteiger partial charge is 0.480 e. The second kappa shape index (κ2) is 9.61. The van der Waals surface area contributed by atoms with Crippen LogP contribution >= 0.6 is 0 Å². The zero-order chi connectivity index (χ0) is 17.2. The van der Waals surface area contributed by atoms with Gasteiger partial charge >= 0.3 is 12.1 Å². The Morgan fingerprint density at radius 2 is 1.83 bits per heavy atom. The number of nitrogens with one attached hydrogen (secondary N) is 1. The number of ether oxygens (including phenoxy) is 1. The zero-order valence-corrected chi connectivity index (χ0v) is 13.5. The summed E-state index contributed by atoms with van der Waals surface area (Å²) in [5.41, 5.74) is 0.817. The Bertz CT molecular complexity index is 527. The fourth-order valence-corrected chi connectivity index (χ4v) is 1.93. The van der Waals surface area contributed by atoms with E-state index in [1.807, 2.05) is 18.2 Å². The third-order valence-corrected chi connectivity index (χ3v) is 3.36. The molecule has 0 aliphatic carbocycles. The van der Waals surface area contributed by atoms with Gasteiger partial charge in [-0.1, -0.05) is 44.2 Å². The molecule has 1 unspecified atom stereocenters. The van der Waals surface area contributed by atoms with Gasteiger partial charge in [-0.05, 0) is 18.4 Å². The van der Waals surface area contributed by atoms with Gasteiger partial charge in [0, 0.05) is 12.3 Å². The molecule has 0 bridgehead atoms. The fraction of sp³-hybridized carbons (Fsp3) is 0.471. The van der Waals surface area contributed by atoms with E-state index in [0.717, 1.165) is 5.56 Å². The Kier molecular flexibility index (Phi) is 7.80. The molecule has 0 heterocycles. The van der Waals surface area contributed by atoms with Gasteiger partial charge in [0.2, 0.25) is 0 Å². The molecular weight excluding hydrogens is 298 g/mol. The molecule has 0 radical (unpaired) electrons. The van der Waals surface area contributed by atoms with Crippen LogP contribution < -0.4 is 5.32 Å². The first kappa shape index (κ1) is 18.7. The van der Waals surface area contributed by atoms with Crippen LogP contribution in [-0.4, -0.2) is 29.0 Å². The van der Waals surface area contributed by atoms with E-state index in [4.69, 9.17) is 9.84 Å². The Balaban J connectivity index is 2.38. The number of carbonyl (C=O) groups excluding carboxylic acids is 2. The summed E-state index contributed by atoms with van der Waals surface area (Å²) in [7, 11) is 0. The quantitative estimate of drug-likeness (QED) is 0.729. The Hall–Kier alpha value is -2.37. The number of ketones is 1. The van der Waals surface area contributed by atoms with Crippen molar-refractivity contribution in [3.63, 3.8) is 0 Å². The second-order valence-corrected chi connectivity index (χ2v) is 5.61. The molecular formula is C17H23NO5. The monoisotopic (exact) mass is 321 g/mol. The van der Waals surface area contributed by atoms with Crippen molar-refractivity contribution in [2.45, 2.75) is 45.8 Å². The van der Waals surface area contributed by atoms with Crippen molar-refractivity contribution in [3.05, 3.63) is 35.9 Å². The van der Waals surface area contributed by atoms with E-state index in [9.17, 15) is 14.4 Å². The maximum absolute atomic E-state index is 11.7. The molecule has 1 rings (SSSR count). The molecule has 6 nitrogen and oxygen atoms in total. The van der Waals surface area contributed by atoms with Gasteiger partial charge in [-0.2, -0.15) is 0 Å². The van der Waals surface area contributed by atoms with E-state index in [2.05, 4.69) is 5.32 Å². The second-order valence-electron chi connectivity index (χ2n) is 5.61. The van der Waals surface area contributed by atoms with E-state index in [0.29, 0.717) is 12.8 Å². The highest BCUT2D eigenvalue weighted by atomic mass is 16.5. The van der Waals surface area contributed by atoms with Crippen molar-refractivity contribution in [3.8, 4) is 0 Å². The Morgan fingerprint density at radius 1 is 1.17 bits per heavy atom. The van der Waals surface area contributed by atoms with Crippen LogP contribution in [0, 0.1) is 5.92 Å². The van der Waals surface area contributed by atoms with Crippen LogP contribution in [0.5, 0.6) is 0 Å². The lowest BCUT2D eigenvalue weighted by molar-refractivity contribution is -0.139. The number of hydrogen-bond acceptors (Lipinski definition) is 4. The smallest absolute Gasteiger partial charge is 0.408 e. The highest BCUT2D eigenvalue weighted by Crippen LogP contribution is 2.08. The lowest BCUT2D eigenvalue weighted by Crippen LogP contribution is -2.41. The molecule has 0 saturated carbocycles. The normalized spacial score (nSPS) is 11.8. The topological polar surface area (TPSA) is 92.7 Å². The molecule has 0 fully saturated rings. The van der Waals surface area contributed by atoms with Crippen molar-refractivity contribution in [2.24, 2.45) is 5.92 Å². The Labute approximate surface area is 135 Å². The maximum Gasteiger partial charge on any atom is 0.408 e. The van der Waals surface area contributed by atoms with Gasteiger partial charge in [0.25, 0.3) is 0 Å². The molecule has 0 aromatic heterocycles. The lowest BCUT2D eigenvalue weighted by Gasteiger charge is -2.14. The van der Waals surface area contributed by atoms with Crippen LogP contribution in [0.25, 0.3) is 0 Å². The van der Waals surface area contributed by atoms with Crippen molar-refractivity contribution in [1.29, 1.82) is 0 Å². The van der Waals surface area contributed by atoms with Crippen LogP contribution in [0.4, 0.5) is 4.79 Å². The number of Topliss-reactive ketones (excluding diaryl/α,β-unsaturated/α-hetero) is 1. The number of benzene rings is 1. The minimum absolute atomic E-state index is 0.0675. The third-order valence-electron chi connectivity index (χ3n) is 3.36. The van der Waals surface area contributed by atoms with Gasteiger partial charge in [0.05, 0.1) is 0 Å². The standard InChI is InChI=1S/C17H23NO5/c1-12(2)15(19)10-6-9-14(16(20)21)18-17(22)23-11-13-7-4-3-5-8-13/h3-5,7-8,12,14H,6,9-11H2,1-2H3,(H,18,22)(H,20,21). The number of carboxylic acids is 1. The molecule has 23 heavy (non-hydrogen) atoms. The van der Waals surface area contributed by atoms with Gasteiger partial charge in [-0.25, -0.2) is 9.59 Å². The minimum Gasteiger partial charge on any atom is -0.480 e. The molecule has 0 saturated heterocycles. The molecule has 1 atom stereocenters. The minimum atomic E-state index is -1.14. The van der Waals surface area contributed by atoms with Crippen LogP contribution in [0.3, 0.4) is 0 Å². The highest BCUT2D eigenvalue weighted by Gasteiger charge is 2.21. The van der Waals surface area contributed by atoms with Crippen LogP contribution in [0.15, 0.2) is 30.3 Å². The molecule has 1 aromatic carbocycles. The SMILES string of the molecule is CC(C)C(=O)CCCC(NC(=O)OCc1ccccc1)C(=O)O. The van der Waals surface area contributed by atoms with Gasteiger partial charge in [-0.3, -0.25) is 4.79 Å². The summed E-state index contributed by atoms with van der Waals surface area (Å²) in [5, 5.41) is 11.4. The first-order valence-corrected chi connectivity index (χ1v) is 7.63. The van der Waals surface area contributed by atoms with Crippen molar-refractivity contribution in [2.75, 3.05) is 0 Å². The molecule has 126 valence electrons. The highest BCUT2D eigenvalue weighted by molar-refractivity contribution is 5.81. The summed E-state index contributed by atoms with van der Waals surface area (Å²) in [6.45, 7) is 3.68. The van der Waals surface area contributed by atoms with E-state index < -0.39 is 18.1 Å². The molecule has 1 amide bonds. The lowest BCUT2D eigenvalue weighted by atomic mass is 10.0. The van der Waals surface area contributed by atoms with Gasteiger partial charge in [-0.15, -0.1) is 0 Å². The van der Waals surface area contributed by atoms with E-state index in [1.54, 1.807) is 26.0 Å². The molecule has 0 spiro atoms. The predicted molar refractivity (Wildman–Crippen MR) is 84.9 cm³/mol. The average molecular weight is 321 g/mol. The third kappa shape index (κ3) is 7.44. The van der Waals surface area contributed by atoms with Crippen LogP contribution in [0.2, 0.25) is 0 Å². The van der Waals surface area contributed by atoms with Crippen molar-refractivity contribution < 1.29 is 24.2 Å². The van der Waals surface area contributed by atoms with Gasteiger partial charge in [0.1, 0.15) is 18.4 Å². The molecule has 0 aliphatic rings. The summed E-state index contributed by atoms with van der Waals surface area (Å²) >= 11 is 0. The summed E-state index contributed by atoms with van der Waals surface area (Å²) in [5.74, 6) is -1.12. The number of carboxylic acid groups (broad SMARTS) is 1. The van der Waals surface area contributed by atoms with E-state index in [-0.39, 0.29) is 24.7 Å². The van der Waals surface area contributed by atoms with Crippen molar-refractivity contribution in [1.82, 2.24) is 5.32 Å². The predicted octanol–water partition coefficient (Wildman–Crippen LogP) is 2.76. The van der Waals surface area contributed by atoms with Gasteiger partial charge < -0.3 is 15.2 Å². The molecule has 6 heteroatoms. The maximum atomic E-state index is 11.7. The van der Waals surface area contributed by atoms with Crippen molar-refractivity contribution >= 4 is 17.8 Å². The fourth-order valence-electron chi connectivity index (χ4n) is 1.93. The summed E-state index contributed by atoms with van der Waals surface area (Å²) in [6, 6.07) is 8.05. The van der Waals surface area contributed by atoms with E-state index in [1.165, 1.54) is 0 Å². The number of aliphatic carboxylic acids is 1. The summed E-state index contributed by atoms with van der Waals surface area (Å²) in [6.07, 6.45) is 0.125. The molecule has 2 N–H and O–H groups in total. The number of rotatable bonds is 9. The van der Waals surface area contributed by atoms with Crippen LogP contribution in [-0.2, 0) is 20.9 Å². The average Bonchev–Trinajstić information content (AvgIpc) is 2.52. The number of hydrogen-bond donors (Lipinski definition) is 2. The first-order valence-electron chi connectivity index (χ1n) is 7.63. The number of carbonyl (C=O) groups is 3. The number of alkyl carbamates (subject to hydrolysis) is 1. The van der Waals surface area contributed by atoms with Gasteiger partial charge in [0.15, 0.2) is 0 Å². The number of amides is 1. The first-order chi connectivity index (χ1) is 10.9. The van der Waals surface area contributed by atoms with Crippen LogP contribution in [0.1, 0.15) is 38.7 Å². The van der Waals surface area contributed by atoms with E-state index >= 15 is 0 Å². The zero-order valence-electron chi connectivity index (χ0n) is 13.5.